The van der Waals surface area contributed by atoms with E-state index in [9.17, 15) is 14.4 Å². The first-order valence-corrected chi connectivity index (χ1v) is 7.41. The first kappa shape index (κ1) is 15.7. The molecule has 0 atom stereocenters. The minimum atomic E-state index is -0.406. The highest BCUT2D eigenvalue weighted by Gasteiger charge is 2.37. The van der Waals surface area contributed by atoms with Crippen LogP contribution in [0.3, 0.4) is 0 Å². The summed E-state index contributed by atoms with van der Waals surface area (Å²) in [6, 6.07) is 13.6. The number of ether oxygens (including phenoxy) is 1. The topological polar surface area (TPSA) is 66.9 Å². The van der Waals surface area contributed by atoms with E-state index in [1.807, 2.05) is 0 Å². The molecule has 2 aromatic carbocycles. The zero-order chi connectivity index (χ0) is 17.3. The van der Waals surface area contributed by atoms with Crippen molar-refractivity contribution in [3.05, 3.63) is 59.7 Å². The van der Waals surface area contributed by atoms with Gasteiger partial charge in [-0.2, -0.15) is 0 Å². The van der Waals surface area contributed by atoms with E-state index in [1.165, 1.54) is 18.9 Å². The Balaban J connectivity index is 1.95. The minimum absolute atomic E-state index is 0.165. The Morgan fingerprint density at radius 2 is 1.54 bits per heavy atom. The van der Waals surface area contributed by atoms with Crippen molar-refractivity contribution in [2.24, 2.45) is 0 Å². The normalized spacial score (nSPS) is 13.0. The summed E-state index contributed by atoms with van der Waals surface area (Å²) < 4.78 is 5.27. The number of imide groups is 1. The molecule has 0 aromatic heterocycles. The summed E-state index contributed by atoms with van der Waals surface area (Å²) in [4.78, 5) is 39.5. The summed E-state index contributed by atoms with van der Waals surface area (Å²) in [5.41, 5.74) is 1.21. The maximum Gasteiger partial charge on any atom is 0.263 e. The Kier molecular flexibility index (Phi) is 4.04. The van der Waals surface area contributed by atoms with Gasteiger partial charge >= 0.3 is 0 Å². The Hall–Kier alpha value is -3.15. The molecule has 3 rings (SSSR count). The Morgan fingerprint density at radius 1 is 1.00 bits per heavy atom. The summed E-state index contributed by atoms with van der Waals surface area (Å²) in [6.45, 7) is 1.21. The van der Waals surface area contributed by atoms with Gasteiger partial charge in [-0.1, -0.05) is 24.3 Å². The molecule has 122 valence electrons. The van der Waals surface area contributed by atoms with Crippen molar-refractivity contribution in [3.63, 3.8) is 0 Å². The molecule has 0 spiro atoms. The molecule has 0 saturated carbocycles. The van der Waals surface area contributed by atoms with E-state index in [-0.39, 0.29) is 12.6 Å². The van der Waals surface area contributed by atoms with E-state index in [2.05, 4.69) is 0 Å². The van der Waals surface area contributed by atoms with Crippen LogP contribution >= 0.6 is 0 Å². The molecule has 0 aliphatic carbocycles. The van der Waals surface area contributed by atoms with Gasteiger partial charge in [0.2, 0.25) is 5.91 Å². The number of fused-ring (bicyclic) bond motifs is 1. The van der Waals surface area contributed by atoms with E-state index in [1.54, 1.807) is 48.5 Å². The number of amides is 3. The quantitative estimate of drug-likeness (QED) is 0.810. The monoisotopic (exact) mass is 324 g/mol. The smallest absolute Gasteiger partial charge is 0.263 e. The average Bonchev–Trinajstić information content (AvgIpc) is 2.84. The van der Waals surface area contributed by atoms with E-state index < -0.39 is 11.8 Å². The molecule has 0 radical (unpaired) electrons. The molecule has 6 heteroatoms. The lowest BCUT2D eigenvalue weighted by Crippen LogP contribution is -2.43. The number of carbonyl (C=O) groups excluding carboxylic acids is 3. The van der Waals surface area contributed by atoms with Gasteiger partial charge in [-0.25, -0.2) is 0 Å². The van der Waals surface area contributed by atoms with Gasteiger partial charge in [-0.05, 0) is 24.3 Å². The molecule has 1 aliphatic rings. The third-order valence-electron chi connectivity index (χ3n) is 3.92. The zero-order valence-electron chi connectivity index (χ0n) is 13.4. The van der Waals surface area contributed by atoms with Crippen LogP contribution in [-0.2, 0) is 4.79 Å². The van der Waals surface area contributed by atoms with Crippen LogP contribution in [0.15, 0.2) is 48.5 Å². The lowest BCUT2D eigenvalue weighted by Gasteiger charge is -2.27. The summed E-state index contributed by atoms with van der Waals surface area (Å²) in [5, 5.41) is 0. The Labute approximate surface area is 139 Å². The molecular weight excluding hydrogens is 308 g/mol. The van der Waals surface area contributed by atoms with Gasteiger partial charge in [0.1, 0.15) is 12.4 Å². The van der Waals surface area contributed by atoms with Crippen molar-refractivity contribution < 1.29 is 19.1 Å². The Morgan fingerprint density at radius 3 is 2.08 bits per heavy atom. The molecule has 1 heterocycles. The largest absolute Gasteiger partial charge is 0.495 e. The highest BCUT2D eigenvalue weighted by molar-refractivity contribution is 6.21. The van der Waals surface area contributed by atoms with Gasteiger partial charge in [-0.15, -0.1) is 0 Å². The maximum atomic E-state index is 12.5. The summed E-state index contributed by atoms with van der Waals surface area (Å²) in [7, 11) is 1.50. The molecule has 3 amide bonds. The molecule has 0 unspecified atom stereocenters. The third kappa shape index (κ3) is 2.52. The number of nitrogens with zero attached hydrogens (tertiary/aromatic N) is 2. The summed E-state index contributed by atoms with van der Waals surface area (Å²) in [5.74, 6) is -0.617. The Bertz CT molecular complexity index is 796. The van der Waals surface area contributed by atoms with E-state index in [0.29, 0.717) is 22.6 Å². The number of methoxy groups -OCH3 is 1. The van der Waals surface area contributed by atoms with Crippen LogP contribution < -0.4 is 9.64 Å². The van der Waals surface area contributed by atoms with Crippen molar-refractivity contribution in [1.82, 2.24) is 4.90 Å². The molecule has 2 aromatic rings. The number of para-hydroxylation sites is 2. The van der Waals surface area contributed by atoms with Crippen molar-refractivity contribution in [3.8, 4) is 5.75 Å². The lowest BCUT2D eigenvalue weighted by molar-refractivity contribution is -0.116. The van der Waals surface area contributed by atoms with Crippen molar-refractivity contribution >= 4 is 23.4 Å². The number of anilines is 1. The summed E-state index contributed by atoms with van der Waals surface area (Å²) >= 11 is 0. The second-order valence-electron chi connectivity index (χ2n) is 5.34. The third-order valence-corrected chi connectivity index (χ3v) is 3.92. The molecule has 0 saturated heterocycles. The van der Waals surface area contributed by atoms with Gasteiger partial charge in [0.25, 0.3) is 11.8 Å². The van der Waals surface area contributed by atoms with Crippen LogP contribution in [0.5, 0.6) is 5.75 Å². The van der Waals surface area contributed by atoms with Gasteiger partial charge in [0, 0.05) is 6.92 Å². The molecular formula is C18H16N2O4. The molecule has 1 aliphatic heterocycles. The first-order chi connectivity index (χ1) is 11.5. The fourth-order valence-electron chi connectivity index (χ4n) is 2.71. The predicted octanol–water partition coefficient (Wildman–Crippen LogP) is 2.30. The second kappa shape index (κ2) is 6.16. The average molecular weight is 324 g/mol. The van der Waals surface area contributed by atoms with E-state index in [0.717, 1.165) is 4.90 Å². The molecule has 24 heavy (non-hydrogen) atoms. The minimum Gasteiger partial charge on any atom is -0.495 e. The van der Waals surface area contributed by atoms with Crippen molar-refractivity contribution in [1.29, 1.82) is 0 Å². The van der Waals surface area contributed by atoms with Gasteiger partial charge in [-0.3, -0.25) is 24.2 Å². The van der Waals surface area contributed by atoms with Gasteiger partial charge in [0.15, 0.2) is 0 Å². The number of rotatable bonds is 4. The lowest BCUT2D eigenvalue weighted by atomic mass is 10.1. The number of hydrogen-bond donors (Lipinski definition) is 0. The SMILES string of the molecule is COc1ccccc1N(CN1C(=O)c2ccccc2C1=O)C(C)=O. The maximum absolute atomic E-state index is 12.5. The van der Waals surface area contributed by atoms with Crippen molar-refractivity contribution in [2.45, 2.75) is 6.92 Å². The van der Waals surface area contributed by atoms with Gasteiger partial charge < -0.3 is 4.74 Å². The zero-order valence-corrected chi connectivity index (χ0v) is 13.4. The van der Waals surface area contributed by atoms with Gasteiger partial charge in [0.05, 0.1) is 23.9 Å². The van der Waals surface area contributed by atoms with Crippen LogP contribution in [0.2, 0.25) is 0 Å². The number of benzene rings is 2. The predicted molar refractivity (Wildman–Crippen MR) is 88.0 cm³/mol. The second-order valence-corrected chi connectivity index (χ2v) is 5.34. The van der Waals surface area contributed by atoms with E-state index >= 15 is 0 Å². The summed E-state index contributed by atoms with van der Waals surface area (Å²) in [6.07, 6.45) is 0. The standard InChI is InChI=1S/C18H16N2O4/c1-12(21)19(15-9-5-6-10-16(15)24-2)11-20-17(22)13-7-3-4-8-14(13)18(20)23/h3-10H,11H2,1-2H3. The fourth-order valence-corrected chi connectivity index (χ4v) is 2.71. The number of hydrogen-bond acceptors (Lipinski definition) is 4. The van der Waals surface area contributed by atoms with Crippen LogP contribution in [0, 0.1) is 0 Å². The fraction of sp³-hybridized carbons (Fsp3) is 0.167. The molecule has 0 N–H and O–H groups in total. The van der Waals surface area contributed by atoms with Crippen molar-refractivity contribution in [2.75, 3.05) is 18.7 Å². The first-order valence-electron chi connectivity index (χ1n) is 7.41. The highest BCUT2D eigenvalue weighted by atomic mass is 16.5. The number of carbonyl (C=O) groups is 3. The van der Waals surface area contributed by atoms with E-state index in [4.69, 9.17) is 4.74 Å². The highest BCUT2D eigenvalue weighted by Crippen LogP contribution is 2.30. The van der Waals surface area contributed by atoms with Crippen LogP contribution in [0.25, 0.3) is 0 Å². The van der Waals surface area contributed by atoms with Crippen LogP contribution in [-0.4, -0.2) is 36.4 Å². The van der Waals surface area contributed by atoms with Crippen LogP contribution in [0.1, 0.15) is 27.6 Å². The molecule has 0 fully saturated rings. The molecule has 0 bridgehead atoms. The molecule has 6 nitrogen and oxygen atoms in total. The van der Waals surface area contributed by atoms with Crippen LogP contribution in [0.4, 0.5) is 5.69 Å².